The number of ketones is 1. The number of primary amides is 1. The fraction of sp³-hybridized carbons (Fsp3) is 0.125. The van der Waals surface area contributed by atoms with Gasteiger partial charge in [-0.15, -0.1) is 0 Å². The van der Waals surface area contributed by atoms with E-state index in [-0.39, 0.29) is 12.1 Å². The summed E-state index contributed by atoms with van der Waals surface area (Å²) in [4.78, 5) is 50.9. The number of rotatable bonds is 7. The lowest BCUT2D eigenvalue weighted by molar-refractivity contribution is -0.137. The van der Waals surface area contributed by atoms with E-state index in [2.05, 4.69) is 25.3 Å². The van der Waals surface area contributed by atoms with Crippen LogP contribution in [0.25, 0.3) is 5.82 Å². The van der Waals surface area contributed by atoms with Gasteiger partial charge in [-0.1, -0.05) is 6.07 Å². The van der Waals surface area contributed by atoms with E-state index in [1.165, 1.54) is 23.3 Å². The van der Waals surface area contributed by atoms with E-state index in [0.29, 0.717) is 11.6 Å². The SMILES string of the molecule is NC(=O)C(=O)C(Cc1ncc[nH]1)NC(=O)c1cncn1-c1ccccn1. The van der Waals surface area contributed by atoms with E-state index >= 15 is 0 Å². The number of hydrogen-bond donors (Lipinski definition) is 3. The number of nitrogens with one attached hydrogen (secondary N) is 2. The summed E-state index contributed by atoms with van der Waals surface area (Å²) in [6, 6.07) is 4.05. The minimum Gasteiger partial charge on any atom is -0.363 e. The first kappa shape index (κ1) is 17.0. The lowest BCUT2D eigenvalue weighted by Crippen LogP contribution is -2.47. The first-order valence-corrected chi connectivity index (χ1v) is 7.62. The van der Waals surface area contributed by atoms with Crippen molar-refractivity contribution >= 4 is 17.6 Å². The molecule has 0 bridgehead atoms. The molecule has 10 heteroatoms. The maximum Gasteiger partial charge on any atom is 0.287 e. The number of hydrogen-bond acceptors (Lipinski definition) is 6. The van der Waals surface area contributed by atoms with Gasteiger partial charge in [-0.05, 0) is 12.1 Å². The van der Waals surface area contributed by atoms with Crippen molar-refractivity contribution in [3.63, 3.8) is 0 Å². The highest BCUT2D eigenvalue weighted by molar-refractivity contribution is 6.38. The number of amides is 2. The van der Waals surface area contributed by atoms with Crippen LogP contribution in [0.4, 0.5) is 0 Å². The molecule has 26 heavy (non-hydrogen) atoms. The summed E-state index contributed by atoms with van der Waals surface area (Å²) in [5.74, 6) is -1.74. The highest BCUT2D eigenvalue weighted by Gasteiger charge is 2.27. The van der Waals surface area contributed by atoms with Crippen molar-refractivity contribution in [1.29, 1.82) is 0 Å². The maximum atomic E-state index is 12.6. The smallest absolute Gasteiger partial charge is 0.287 e. The fourth-order valence-corrected chi connectivity index (χ4v) is 2.36. The van der Waals surface area contributed by atoms with E-state index in [4.69, 9.17) is 5.73 Å². The molecule has 0 aromatic carbocycles. The van der Waals surface area contributed by atoms with Gasteiger partial charge in [0.25, 0.3) is 11.8 Å². The molecule has 3 heterocycles. The van der Waals surface area contributed by atoms with Crippen molar-refractivity contribution in [3.8, 4) is 5.82 Å². The number of nitrogens with zero attached hydrogens (tertiary/aromatic N) is 4. The zero-order valence-electron chi connectivity index (χ0n) is 13.5. The second-order valence-corrected chi connectivity index (χ2v) is 5.33. The van der Waals surface area contributed by atoms with Crippen LogP contribution in [0.3, 0.4) is 0 Å². The molecule has 132 valence electrons. The quantitative estimate of drug-likeness (QED) is 0.482. The summed E-state index contributed by atoms with van der Waals surface area (Å²) in [7, 11) is 0. The lowest BCUT2D eigenvalue weighted by atomic mass is 10.1. The molecule has 0 spiro atoms. The molecule has 1 unspecified atom stereocenters. The van der Waals surface area contributed by atoms with Gasteiger partial charge in [0.05, 0.1) is 6.20 Å². The van der Waals surface area contributed by atoms with E-state index in [1.807, 2.05) is 0 Å². The van der Waals surface area contributed by atoms with Crippen molar-refractivity contribution in [2.75, 3.05) is 0 Å². The van der Waals surface area contributed by atoms with Crippen LogP contribution in [0.5, 0.6) is 0 Å². The number of H-pyrrole nitrogens is 1. The molecule has 4 N–H and O–H groups in total. The molecular weight excluding hydrogens is 338 g/mol. The molecule has 0 aliphatic carbocycles. The largest absolute Gasteiger partial charge is 0.363 e. The van der Waals surface area contributed by atoms with Gasteiger partial charge in [0, 0.05) is 25.0 Å². The molecule has 3 rings (SSSR count). The number of imidazole rings is 2. The van der Waals surface area contributed by atoms with Crippen LogP contribution in [0.2, 0.25) is 0 Å². The third kappa shape index (κ3) is 3.64. The Morgan fingerprint density at radius 2 is 2.08 bits per heavy atom. The number of carbonyl (C=O) groups is 3. The number of aromatic amines is 1. The molecule has 3 aromatic heterocycles. The van der Waals surface area contributed by atoms with E-state index < -0.39 is 23.6 Å². The van der Waals surface area contributed by atoms with E-state index in [1.54, 1.807) is 30.6 Å². The minimum absolute atomic E-state index is 0.00175. The molecule has 0 saturated carbocycles. The average Bonchev–Trinajstić information content (AvgIpc) is 3.32. The third-order valence-electron chi connectivity index (χ3n) is 3.58. The Balaban J connectivity index is 1.83. The van der Waals surface area contributed by atoms with Crippen LogP contribution < -0.4 is 11.1 Å². The normalized spacial score (nSPS) is 11.7. The van der Waals surface area contributed by atoms with Crippen LogP contribution in [-0.2, 0) is 16.0 Å². The van der Waals surface area contributed by atoms with Gasteiger partial charge in [0.15, 0.2) is 0 Å². The van der Waals surface area contributed by atoms with Crippen molar-refractivity contribution in [2.45, 2.75) is 12.5 Å². The summed E-state index contributed by atoms with van der Waals surface area (Å²) in [5.41, 5.74) is 5.24. The molecule has 0 aliphatic heterocycles. The summed E-state index contributed by atoms with van der Waals surface area (Å²) in [6.45, 7) is 0. The molecule has 0 saturated heterocycles. The Bertz CT molecular complexity index is 918. The predicted octanol–water partition coefficient (Wildman–Crippen LogP) is -0.614. The minimum atomic E-state index is -1.15. The topological polar surface area (TPSA) is 149 Å². The van der Waals surface area contributed by atoms with Gasteiger partial charge in [-0.2, -0.15) is 0 Å². The fourth-order valence-electron chi connectivity index (χ4n) is 2.36. The maximum absolute atomic E-state index is 12.6. The second-order valence-electron chi connectivity index (χ2n) is 5.33. The van der Waals surface area contributed by atoms with Gasteiger partial charge < -0.3 is 16.0 Å². The van der Waals surface area contributed by atoms with E-state index in [0.717, 1.165) is 0 Å². The summed E-state index contributed by atoms with van der Waals surface area (Å²) < 4.78 is 1.47. The molecule has 1 atom stereocenters. The first-order chi connectivity index (χ1) is 12.6. The second kappa shape index (κ2) is 7.38. The Morgan fingerprint density at radius 1 is 1.23 bits per heavy atom. The Hall–Kier alpha value is -3.82. The van der Waals surface area contributed by atoms with Crippen LogP contribution in [0, 0.1) is 0 Å². The zero-order valence-corrected chi connectivity index (χ0v) is 13.5. The Labute approximate surface area is 147 Å². The van der Waals surface area contributed by atoms with Gasteiger partial charge >= 0.3 is 0 Å². The van der Waals surface area contributed by atoms with Gasteiger partial charge in [-0.3, -0.25) is 19.0 Å². The number of nitrogens with two attached hydrogens (primary N) is 1. The van der Waals surface area contributed by atoms with Crippen LogP contribution >= 0.6 is 0 Å². The monoisotopic (exact) mass is 353 g/mol. The molecule has 2 amide bonds. The molecule has 10 nitrogen and oxygen atoms in total. The van der Waals surface area contributed by atoms with Gasteiger partial charge in [0.1, 0.15) is 29.7 Å². The van der Waals surface area contributed by atoms with Crippen molar-refractivity contribution < 1.29 is 14.4 Å². The van der Waals surface area contributed by atoms with Crippen molar-refractivity contribution in [2.24, 2.45) is 5.73 Å². The van der Waals surface area contributed by atoms with E-state index in [9.17, 15) is 14.4 Å². The predicted molar refractivity (Wildman–Crippen MR) is 89.1 cm³/mol. The first-order valence-electron chi connectivity index (χ1n) is 7.62. The number of carbonyl (C=O) groups excluding carboxylic acids is 3. The number of Topliss-reactive ketones (excluding diaryl/α,β-unsaturated/α-hetero) is 1. The average molecular weight is 353 g/mol. The highest BCUT2D eigenvalue weighted by Crippen LogP contribution is 2.09. The highest BCUT2D eigenvalue weighted by atomic mass is 16.2. The van der Waals surface area contributed by atoms with Crippen LogP contribution in [0.15, 0.2) is 49.3 Å². The van der Waals surface area contributed by atoms with Crippen molar-refractivity contribution in [1.82, 2.24) is 29.8 Å². The standard InChI is InChI=1S/C16H15N7O3/c17-15(25)14(24)10(7-12-19-5-6-20-12)22-16(26)11-8-18-9-23(11)13-3-1-2-4-21-13/h1-6,8-10H,7H2,(H2,17,25)(H,19,20)(H,22,26). The van der Waals surface area contributed by atoms with Crippen LogP contribution in [0.1, 0.15) is 16.3 Å². The molecule has 0 aliphatic rings. The summed E-state index contributed by atoms with van der Waals surface area (Å²) in [5, 5.41) is 2.51. The van der Waals surface area contributed by atoms with Crippen LogP contribution in [-0.4, -0.2) is 48.1 Å². The molecule has 0 fully saturated rings. The lowest BCUT2D eigenvalue weighted by Gasteiger charge is -2.15. The third-order valence-corrected chi connectivity index (χ3v) is 3.58. The summed E-state index contributed by atoms with van der Waals surface area (Å²) >= 11 is 0. The molecule has 0 radical (unpaired) electrons. The summed E-state index contributed by atoms with van der Waals surface area (Å²) in [6.07, 6.45) is 7.40. The molecular formula is C16H15N7O3. The Morgan fingerprint density at radius 3 is 2.73 bits per heavy atom. The Kier molecular flexibility index (Phi) is 4.83. The van der Waals surface area contributed by atoms with Gasteiger partial charge in [0.2, 0.25) is 5.78 Å². The number of pyridine rings is 1. The van der Waals surface area contributed by atoms with Gasteiger partial charge in [-0.25, -0.2) is 15.0 Å². The number of aromatic nitrogens is 5. The van der Waals surface area contributed by atoms with Crippen molar-refractivity contribution in [3.05, 3.63) is 60.8 Å². The molecule has 3 aromatic rings. The zero-order chi connectivity index (χ0) is 18.5.